The van der Waals surface area contributed by atoms with Crippen LogP contribution in [0.15, 0.2) is 67.0 Å². The molecule has 0 fully saturated rings. The number of fused-ring (bicyclic) bond motifs is 1. The van der Waals surface area contributed by atoms with Gasteiger partial charge in [-0.3, -0.25) is 4.79 Å². The van der Waals surface area contributed by atoms with Gasteiger partial charge in [-0.1, -0.05) is 42.5 Å². The summed E-state index contributed by atoms with van der Waals surface area (Å²) in [6.07, 6.45) is 4.53. The lowest BCUT2D eigenvalue weighted by atomic mass is 9.94. The summed E-state index contributed by atoms with van der Waals surface area (Å²) in [6.45, 7) is 5.29. The fourth-order valence-corrected chi connectivity index (χ4v) is 4.88. The van der Waals surface area contributed by atoms with Crippen molar-refractivity contribution >= 4 is 5.97 Å². The van der Waals surface area contributed by atoms with E-state index in [1.165, 1.54) is 34.3 Å². The summed E-state index contributed by atoms with van der Waals surface area (Å²) >= 11 is 0. The van der Waals surface area contributed by atoms with Gasteiger partial charge in [0, 0.05) is 11.1 Å². The Kier molecular flexibility index (Phi) is 7.11. The van der Waals surface area contributed by atoms with Crippen molar-refractivity contribution in [2.75, 3.05) is 0 Å². The van der Waals surface area contributed by atoms with E-state index in [2.05, 4.69) is 22.2 Å². The number of ether oxygens (including phenoxy) is 1. The number of rotatable bonds is 7. The van der Waals surface area contributed by atoms with Crippen molar-refractivity contribution < 1.29 is 18.3 Å². The van der Waals surface area contributed by atoms with Crippen molar-refractivity contribution in [3.8, 4) is 22.5 Å². The average molecular weight is 516 g/mol. The minimum absolute atomic E-state index is 0.0480. The molecule has 1 aliphatic carbocycles. The zero-order valence-electron chi connectivity index (χ0n) is 21.9. The molecule has 5 nitrogen and oxygen atoms in total. The number of carbonyl (C=O) groups is 1. The molecule has 1 aromatic heterocycles. The molecule has 0 atom stereocenters. The molecule has 4 aromatic rings. The van der Waals surface area contributed by atoms with Crippen LogP contribution in [0.3, 0.4) is 0 Å². The first kappa shape index (κ1) is 25.8. The SMILES string of the molecule is CC(C)(C)C(=O)OCn1cnc(-c2cccc(-c3cc(F)c(CCC4Cc5ccccc5C4)c(F)c3)c2)n1. The number of carbonyl (C=O) groups excluding carboxylic acids is 1. The van der Waals surface area contributed by atoms with Crippen LogP contribution in [0, 0.1) is 23.0 Å². The quantitative estimate of drug-likeness (QED) is 0.255. The van der Waals surface area contributed by atoms with Gasteiger partial charge < -0.3 is 4.74 Å². The maximum atomic E-state index is 15.1. The Balaban J connectivity index is 1.27. The number of benzene rings is 3. The van der Waals surface area contributed by atoms with Gasteiger partial charge in [0.15, 0.2) is 12.6 Å². The summed E-state index contributed by atoms with van der Waals surface area (Å²) in [5.41, 5.74) is 4.03. The Morgan fingerprint density at radius 1 is 0.947 bits per heavy atom. The number of hydrogen-bond donors (Lipinski definition) is 0. The fourth-order valence-electron chi connectivity index (χ4n) is 4.88. The molecule has 0 N–H and O–H groups in total. The van der Waals surface area contributed by atoms with E-state index in [1.807, 2.05) is 18.2 Å². The molecule has 0 aliphatic heterocycles. The summed E-state index contributed by atoms with van der Waals surface area (Å²) in [7, 11) is 0. The van der Waals surface area contributed by atoms with E-state index in [0.29, 0.717) is 34.9 Å². The molecule has 196 valence electrons. The van der Waals surface area contributed by atoms with Crippen molar-refractivity contribution in [2.24, 2.45) is 11.3 Å². The van der Waals surface area contributed by atoms with Gasteiger partial charge in [-0.05, 0) is 92.8 Å². The second-order valence-corrected chi connectivity index (χ2v) is 11.0. The first-order valence-corrected chi connectivity index (χ1v) is 12.9. The van der Waals surface area contributed by atoms with Crippen molar-refractivity contribution in [1.82, 2.24) is 14.8 Å². The molecule has 1 heterocycles. The molecule has 0 amide bonds. The standard InChI is InChI=1S/C31H31F2N3O2/c1-31(2,3)30(37)38-19-36-18-34-29(35-36)24-10-6-9-23(15-24)25-16-27(32)26(28(33)17-25)12-11-20-13-21-7-4-5-8-22(21)14-20/h4-10,15-18,20H,11-14,19H2,1-3H3. The number of aromatic nitrogens is 3. The number of nitrogens with zero attached hydrogens (tertiary/aromatic N) is 3. The van der Waals surface area contributed by atoms with Crippen LogP contribution in [0.1, 0.15) is 43.9 Å². The van der Waals surface area contributed by atoms with E-state index >= 15 is 8.78 Å². The Morgan fingerprint density at radius 2 is 1.61 bits per heavy atom. The molecule has 0 saturated carbocycles. The van der Waals surface area contributed by atoms with E-state index in [-0.39, 0.29) is 18.3 Å². The van der Waals surface area contributed by atoms with Gasteiger partial charge in [0.2, 0.25) is 0 Å². The first-order valence-electron chi connectivity index (χ1n) is 12.9. The number of halogens is 2. The van der Waals surface area contributed by atoms with E-state index in [1.54, 1.807) is 39.0 Å². The zero-order chi connectivity index (χ0) is 26.9. The maximum Gasteiger partial charge on any atom is 0.313 e. The molecule has 38 heavy (non-hydrogen) atoms. The smallest absolute Gasteiger partial charge is 0.313 e. The molecule has 1 aliphatic rings. The predicted molar refractivity (Wildman–Crippen MR) is 142 cm³/mol. The monoisotopic (exact) mass is 515 g/mol. The van der Waals surface area contributed by atoms with Gasteiger partial charge in [0.25, 0.3) is 0 Å². The predicted octanol–water partition coefficient (Wildman–Crippen LogP) is 6.78. The lowest BCUT2D eigenvalue weighted by molar-refractivity contribution is -0.157. The first-order chi connectivity index (χ1) is 18.2. The normalized spacial score (nSPS) is 13.5. The molecule has 3 aromatic carbocycles. The molecule has 0 radical (unpaired) electrons. The Labute approximate surface area is 221 Å². The van der Waals surface area contributed by atoms with Gasteiger partial charge >= 0.3 is 5.97 Å². The second kappa shape index (κ2) is 10.5. The van der Waals surface area contributed by atoms with E-state index in [0.717, 1.165) is 19.3 Å². The minimum atomic E-state index is -0.611. The van der Waals surface area contributed by atoms with Gasteiger partial charge in [0.1, 0.15) is 18.0 Å². The third kappa shape index (κ3) is 5.67. The largest absolute Gasteiger partial charge is 0.442 e. The van der Waals surface area contributed by atoms with Gasteiger partial charge in [-0.25, -0.2) is 18.4 Å². The summed E-state index contributed by atoms with van der Waals surface area (Å²) in [5, 5.41) is 4.38. The van der Waals surface area contributed by atoms with Crippen LogP contribution in [0.4, 0.5) is 8.78 Å². The van der Waals surface area contributed by atoms with Gasteiger partial charge in [-0.2, -0.15) is 0 Å². The van der Waals surface area contributed by atoms with Crippen molar-refractivity contribution in [3.63, 3.8) is 0 Å². The molecule has 0 saturated heterocycles. The highest BCUT2D eigenvalue weighted by Gasteiger charge is 2.24. The van der Waals surface area contributed by atoms with E-state index in [9.17, 15) is 4.79 Å². The van der Waals surface area contributed by atoms with Gasteiger partial charge in [0.05, 0.1) is 5.41 Å². The molecule has 0 spiro atoms. The Morgan fingerprint density at radius 3 is 2.26 bits per heavy atom. The third-order valence-corrected chi connectivity index (χ3v) is 7.01. The van der Waals surface area contributed by atoms with Crippen LogP contribution >= 0.6 is 0 Å². The van der Waals surface area contributed by atoms with Crippen LogP contribution in [-0.4, -0.2) is 20.7 Å². The Hall–Kier alpha value is -3.87. The fraction of sp³-hybridized carbons (Fsp3) is 0.323. The lowest BCUT2D eigenvalue weighted by Gasteiger charge is -2.16. The van der Waals surface area contributed by atoms with Crippen LogP contribution in [-0.2, 0) is 35.5 Å². The van der Waals surface area contributed by atoms with Crippen molar-refractivity contribution in [3.05, 3.63) is 95.3 Å². The van der Waals surface area contributed by atoms with Crippen LogP contribution < -0.4 is 0 Å². The minimum Gasteiger partial charge on any atom is -0.442 e. The molecular formula is C31H31F2N3O2. The van der Waals surface area contributed by atoms with Crippen LogP contribution in [0.25, 0.3) is 22.5 Å². The summed E-state index contributed by atoms with van der Waals surface area (Å²) in [4.78, 5) is 16.3. The number of esters is 1. The van der Waals surface area contributed by atoms with Gasteiger partial charge in [-0.15, -0.1) is 5.10 Å². The third-order valence-electron chi connectivity index (χ3n) is 7.01. The Bertz CT molecular complexity index is 1420. The van der Waals surface area contributed by atoms with Crippen LogP contribution in [0.2, 0.25) is 0 Å². The van der Waals surface area contributed by atoms with Crippen molar-refractivity contribution in [2.45, 2.75) is 53.2 Å². The molecular weight excluding hydrogens is 484 g/mol. The van der Waals surface area contributed by atoms with E-state index < -0.39 is 17.0 Å². The molecule has 5 rings (SSSR count). The molecule has 7 heteroatoms. The summed E-state index contributed by atoms with van der Waals surface area (Å²) in [5.74, 6) is -0.550. The maximum absolute atomic E-state index is 15.1. The lowest BCUT2D eigenvalue weighted by Crippen LogP contribution is -2.24. The molecule has 0 bridgehead atoms. The number of hydrogen-bond acceptors (Lipinski definition) is 4. The zero-order valence-corrected chi connectivity index (χ0v) is 21.9. The molecule has 0 unspecified atom stereocenters. The highest BCUT2D eigenvalue weighted by molar-refractivity contribution is 5.75. The van der Waals surface area contributed by atoms with E-state index in [4.69, 9.17) is 4.74 Å². The average Bonchev–Trinajstić information content (AvgIpc) is 3.53. The summed E-state index contributed by atoms with van der Waals surface area (Å²) in [6, 6.07) is 18.4. The second-order valence-electron chi connectivity index (χ2n) is 11.0. The van der Waals surface area contributed by atoms with Crippen molar-refractivity contribution in [1.29, 1.82) is 0 Å². The highest BCUT2D eigenvalue weighted by atomic mass is 19.1. The topological polar surface area (TPSA) is 57.0 Å². The summed E-state index contributed by atoms with van der Waals surface area (Å²) < 4.78 is 36.9. The van der Waals surface area contributed by atoms with Crippen LogP contribution in [0.5, 0.6) is 0 Å². The highest BCUT2D eigenvalue weighted by Crippen LogP contribution is 2.32.